The fourth-order valence-electron chi connectivity index (χ4n) is 3.16. The van der Waals surface area contributed by atoms with Crippen molar-refractivity contribution in [1.29, 1.82) is 0 Å². The van der Waals surface area contributed by atoms with E-state index in [1.807, 2.05) is 11.9 Å². The smallest absolute Gasteiger partial charge is 0.290 e. The molecule has 0 saturated carbocycles. The number of amides is 1. The molecule has 1 aromatic rings. The predicted molar refractivity (Wildman–Crippen MR) is 70.6 cm³/mol. The van der Waals surface area contributed by atoms with Crippen LogP contribution in [0.1, 0.15) is 23.4 Å². The monoisotopic (exact) mass is 299 g/mol. The van der Waals surface area contributed by atoms with Gasteiger partial charge in [0.15, 0.2) is 5.76 Å². The summed E-state index contributed by atoms with van der Waals surface area (Å²) in [5.74, 6) is -0.212. The van der Waals surface area contributed by atoms with Crippen molar-refractivity contribution in [3.8, 4) is 0 Å². The molecule has 2 N–H and O–H groups in total. The highest BCUT2D eigenvalue weighted by molar-refractivity contribution is 7.89. The van der Waals surface area contributed by atoms with E-state index in [1.165, 1.54) is 12.1 Å². The minimum absolute atomic E-state index is 0.0375. The lowest BCUT2D eigenvalue weighted by atomic mass is 10.2. The van der Waals surface area contributed by atoms with Gasteiger partial charge in [-0.1, -0.05) is 0 Å². The van der Waals surface area contributed by atoms with Gasteiger partial charge in [0.25, 0.3) is 15.9 Å². The molecule has 1 aromatic heterocycles. The summed E-state index contributed by atoms with van der Waals surface area (Å²) in [6.45, 7) is 1.68. The van der Waals surface area contributed by atoms with Crippen molar-refractivity contribution in [1.82, 2.24) is 9.80 Å². The summed E-state index contributed by atoms with van der Waals surface area (Å²) in [6.07, 6.45) is 1.95. The number of carbonyl (C=O) groups is 1. The number of fused-ring (bicyclic) bond motifs is 2. The zero-order valence-electron chi connectivity index (χ0n) is 11.2. The van der Waals surface area contributed by atoms with Gasteiger partial charge in [0.2, 0.25) is 5.09 Å². The molecule has 20 heavy (non-hydrogen) atoms. The molecule has 2 saturated heterocycles. The first kappa shape index (κ1) is 13.6. The van der Waals surface area contributed by atoms with Gasteiger partial charge in [-0.3, -0.25) is 4.79 Å². The maximum absolute atomic E-state index is 12.5. The maximum atomic E-state index is 12.5. The number of nitrogens with two attached hydrogens (primary N) is 1. The highest BCUT2D eigenvalue weighted by atomic mass is 32.2. The lowest BCUT2D eigenvalue weighted by Gasteiger charge is -2.39. The average molecular weight is 299 g/mol. The van der Waals surface area contributed by atoms with Crippen LogP contribution in [0.3, 0.4) is 0 Å². The van der Waals surface area contributed by atoms with Gasteiger partial charge in [-0.2, -0.15) is 0 Å². The third kappa shape index (κ3) is 2.23. The summed E-state index contributed by atoms with van der Waals surface area (Å²) in [5, 5.41) is 4.61. The Bertz CT molecular complexity index is 625. The number of sulfonamides is 1. The van der Waals surface area contributed by atoms with Crippen molar-refractivity contribution < 1.29 is 17.6 Å². The number of hydrogen-bond acceptors (Lipinski definition) is 5. The topological polar surface area (TPSA) is 96.9 Å². The van der Waals surface area contributed by atoms with Crippen molar-refractivity contribution in [2.75, 3.05) is 20.1 Å². The van der Waals surface area contributed by atoms with Gasteiger partial charge in [-0.15, -0.1) is 0 Å². The van der Waals surface area contributed by atoms with Crippen LogP contribution in [0.25, 0.3) is 0 Å². The second kappa shape index (κ2) is 4.57. The Balaban J connectivity index is 1.85. The van der Waals surface area contributed by atoms with Crippen LogP contribution >= 0.6 is 0 Å². The zero-order valence-corrected chi connectivity index (χ0v) is 12.0. The quantitative estimate of drug-likeness (QED) is 0.819. The highest BCUT2D eigenvalue weighted by Crippen LogP contribution is 2.31. The highest BCUT2D eigenvalue weighted by Gasteiger charge is 2.42. The predicted octanol–water partition coefficient (Wildman–Crippen LogP) is -0.154. The minimum atomic E-state index is -3.91. The Labute approximate surface area is 117 Å². The third-order valence-corrected chi connectivity index (χ3v) is 4.75. The van der Waals surface area contributed by atoms with E-state index >= 15 is 0 Å². The molecule has 2 aliphatic heterocycles. The molecule has 2 fully saturated rings. The van der Waals surface area contributed by atoms with E-state index in [0.717, 1.165) is 25.9 Å². The van der Waals surface area contributed by atoms with Crippen molar-refractivity contribution in [3.63, 3.8) is 0 Å². The number of furan rings is 1. The lowest BCUT2D eigenvalue weighted by molar-refractivity contribution is 0.0437. The van der Waals surface area contributed by atoms with E-state index in [1.54, 1.807) is 0 Å². The third-order valence-electron chi connectivity index (χ3n) is 3.97. The fraction of sp³-hybridized carbons (Fsp3) is 0.583. The van der Waals surface area contributed by atoms with Crippen molar-refractivity contribution in [2.45, 2.75) is 30.0 Å². The molecule has 0 aliphatic carbocycles. The van der Waals surface area contributed by atoms with Crippen LogP contribution in [-0.4, -0.2) is 56.3 Å². The molecule has 0 aromatic carbocycles. The molecule has 3 heterocycles. The second-order valence-corrected chi connectivity index (χ2v) is 6.97. The van der Waals surface area contributed by atoms with Gasteiger partial charge in [-0.25, -0.2) is 13.6 Å². The van der Waals surface area contributed by atoms with Crippen molar-refractivity contribution in [2.24, 2.45) is 5.14 Å². The van der Waals surface area contributed by atoms with Gasteiger partial charge >= 0.3 is 0 Å². The first-order valence-electron chi connectivity index (χ1n) is 6.50. The van der Waals surface area contributed by atoms with Gasteiger partial charge in [0.1, 0.15) is 0 Å². The van der Waals surface area contributed by atoms with Crippen LogP contribution in [0, 0.1) is 0 Å². The summed E-state index contributed by atoms with van der Waals surface area (Å²) in [4.78, 5) is 16.5. The number of rotatable bonds is 2. The first-order chi connectivity index (χ1) is 9.36. The normalized spacial score (nSPS) is 27.0. The molecule has 0 spiro atoms. The number of carbonyl (C=O) groups excluding carboxylic acids is 1. The Hall–Kier alpha value is -1.38. The number of likely N-dealkylation sites (tertiary alicyclic amines) is 1. The second-order valence-electron chi connectivity index (χ2n) is 5.48. The largest absolute Gasteiger partial charge is 0.438 e. The summed E-state index contributed by atoms with van der Waals surface area (Å²) < 4.78 is 27.5. The van der Waals surface area contributed by atoms with E-state index in [4.69, 9.17) is 9.56 Å². The molecule has 1 amide bonds. The number of primary sulfonamides is 1. The molecule has 0 radical (unpaired) electrons. The molecule has 2 bridgehead atoms. The molecular weight excluding hydrogens is 282 g/mol. The fourth-order valence-corrected chi connectivity index (χ4v) is 3.62. The van der Waals surface area contributed by atoms with E-state index in [9.17, 15) is 13.2 Å². The van der Waals surface area contributed by atoms with Gasteiger partial charge < -0.3 is 14.2 Å². The summed E-state index contributed by atoms with van der Waals surface area (Å²) in [6, 6.07) is 2.95. The molecular formula is C12H17N3O4S. The van der Waals surface area contributed by atoms with E-state index in [0.29, 0.717) is 0 Å². The average Bonchev–Trinajstić information content (AvgIpc) is 2.92. The Kier molecular flexibility index (Phi) is 3.11. The van der Waals surface area contributed by atoms with Crippen LogP contribution in [0.4, 0.5) is 0 Å². The molecule has 2 atom stereocenters. The van der Waals surface area contributed by atoms with Gasteiger partial charge in [-0.05, 0) is 32.0 Å². The molecule has 2 aliphatic rings. The van der Waals surface area contributed by atoms with Crippen LogP contribution in [0.2, 0.25) is 0 Å². The number of hydrogen-bond donors (Lipinski definition) is 1. The molecule has 8 heteroatoms. The Morgan fingerprint density at radius 3 is 2.40 bits per heavy atom. The number of nitrogens with zero attached hydrogens (tertiary/aromatic N) is 2. The van der Waals surface area contributed by atoms with Gasteiger partial charge in [0.05, 0.1) is 0 Å². The van der Waals surface area contributed by atoms with E-state index in [2.05, 4.69) is 4.90 Å². The Morgan fingerprint density at radius 1 is 1.30 bits per heavy atom. The van der Waals surface area contributed by atoms with Crippen molar-refractivity contribution >= 4 is 15.9 Å². The Morgan fingerprint density at radius 2 is 1.90 bits per heavy atom. The molecule has 110 valence electrons. The van der Waals surface area contributed by atoms with Crippen LogP contribution in [0.5, 0.6) is 0 Å². The maximum Gasteiger partial charge on any atom is 0.290 e. The SMILES string of the molecule is CN1CC2CCC(C1)N2C(=O)c1ccc(S(N)(=O)=O)o1. The van der Waals surface area contributed by atoms with Gasteiger partial charge in [0, 0.05) is 25.2 Å². The lowest BCUT2D eigenvalue weighted by Crippen LogP contribution is -2.54. The minimum Gasteiger partial charge on any atom is -0.438 e. The summed E-state index contributed by atoms with van der Waals surface area (Å²) in [5.41, 5.74) is 0. The van der Waals surface area contributed by atoms with E-state index < -0.39 is 10.0 Å². The molecule has 3 rings (SSSR count). The summed E-state index contributed by atoms with van der Waals surface area (Å²) in [7, 11) is -1.87. The molecule has 2 unspecified atom stereocenters. The van der Waals surface area contributed by atoms with Crippen LogP contribution in [-0.2, 0) is 10.0 Å². The van der Waals surface area contributed by atoms with E-state index in [-0.39, 0.29) is 28.8 Å². The first-order valence-corrected chi connectivity index (χ1v) is 8.05. The van der Waals surface area contributed by atoms with Crippen LogP contribution in [0.15, 0.2) is 21.6 Å². The van der Waals surface area contributed by atoms with Crippen molar-refractivity contribution in [3.05, 3.63) is 17.9 Å². The van der Waals surface area contributed by atoms with Crippen LogP contribution < -0.4 is 5.14 Å². The number of piperazine rings is 1. The molecule has 7 nitrogen and oxygen atoms in total. The standard InChI is InChI=1S/C12H17N3O4S/c1-14-6-8-2-3-9(7-14)15(8)12(16)10-4-5-11(19-10)20(13,17)18/h4-5,8-9H,2-3,6-7H2,1H3,(H2,13,17,18). The zero-order chi connectivity index (χ0) is 14.5. The number of likely N-dealkylation sites (N-methyl/N-ethyl adjacent to an activating group) is 1. The summed E-state index contributed by atoms with van der Waals surface area (Å²) >= 11 is 0.